The quantitative estimate of drug-likeness (QED) is 0.770. The van der Waals surface area contributed by atoms with Crippen molar-refractivity contribution < 1.29 is 27.2 Å². The third kappa shape index (κ3) is 4.57. The van der Waals surface area contributed by atoms with E-state index in [0.717, 1.165) is 4.88 Å². The second kappa shape index (κ2) is 7.52. The minimum absolute atomic E-state index is 0.0577. The van der Waals surface area contributed by atoms with Crippen LogP contribution in [-0.2, 0) is 22.3 Å². The molecule has 2 rings (SSSR count). The van der Waals surface area contributed by atoms with Gasteiger partial charge in [-0.2, -0.15) is 18.2 Å². The van der Waals surface area contributed by atoms with Gasteiger partial charge in [0.1, 0.15) is 6.10 Å². The minimum atomic E-state index is -4.68. The van der Waals surface area contributed by atoms with Crippen LogP contribution in [0, 0.1) is 0 Å². The number of rotatable bonds is 6. The Balaban J connectivity index is 2.17. The molecule has 1 atom stereocenters. The summed E-state index contributed by atoms with van der Waals surface area (Å²) in [6.07, 6.45) is -5.25. The third-order valence-corrected chi connectivity index (χ3v) is 4.55. The number of alkyl halides is 3. The average molecular weight is 377 g/mol. The number of carbonyl (C=O) groups is 1. The Morgan fingerprint density at radius 1 is 1.36 bits per heavy atom. The van der Waals surface area contributed by atoms with Crippen molar-refractivity contribution >= 4 is 17.2 Å². The van der Waals surface area contributed by atoms with E-state index in [0.29, 0.717) is 11.4 Å². The number of carbonyl (C=O) groups excluding carboxylic acids is 1. The number of nitrogens with zero attached hydrogens (tertiary/aromatic N) is 3. The lowest BCUT2D eigenvalue weighted by atomic mass is 10.2. The molecule has 2 heterocycles. The Hall–Kier alpha value is -1.94. The first-order valence-electron chi connectivity index (χ1n) is 7.46. The van der Waals surface area contributed by atoms with Crippen molar-refractivity contribution in [1.82, 2.24) is 15.0 Å². The third-order valence-electron chi connectivity index (χ3n) is 3.48. The van der Waals surface area contributed by atoms with Crippen LogP contribution in [0.1, 0.15) is 31.5 Å². The lowest BCUT2D eigenvalue weighted by Crippen LogP contribution is -2.42. The molecule has 0 N–H and O–H groups in total. The summed E-state index contributed by atoms with van der Waals surface area (Å²) < 4.78 is 46.9. The second-order valence-corrected chi connectivity index (χ2v) is 6.79. The summed E-state index contributed by atoms with van der Waals surface area (Å²) in [5.41, 5.74) is 0. The lowest BCUT2D eigenvalue weighted by Gasteiger charge is -2.28. The topological polar surface area (TPSA) is 68.5 Å². The smallest absolute Gasteiger partial charge is 0.372 e. The number of methoxy groups -OCH3 is 1. The van der Waals surface area contributed by atoms with E-state index in [1.807, 2.05) is 13.8 Å². The fourth-order valence-electron chi connectivity index (χ4n) is 2.04. The molecule has 2 aromatic rings. The molecule has 0 saturated heterocycles. The highest BCUT2D eigenvalue weighted by molar-refractivity contribution is 7.15. The standard InChI is InChI=1S/C15H18F3N3O3S/c1-8(2)21(13(22)9(3)23-4)7-10-5-6-11(25-10)12-19-14(24-20-12)15(16,17)18/h5-6,8-9H,7H2,1-4H3. The normalized spacial score (nSPS) is 13.3. The van der Waals surface area contributed by atoms with Gasteiger partial charge >= 0.3 is 12.1 Å². The summed E-state index contributed by atoms with van der Waals surface area (Å²) in [4.78, 5) is 18.6. The van der Waals surface area contributed by atoms with Crippen LogP contribution in [0.3, 0.4) is 0 Å². The van der Waals surface area contributed by atoms with E-state index >= 15 is 0 Å². The van der Waals surface area contributed by atoms with Crippen LogP contribution in [0.15, 0.2) is 16.7 Å². The Morgan fingerprint density at radius 2 is 2.04 bits per heavy atom. The van der Waals surface area contributed by atoms with Crippen molar-refractivity contribution in [3.05, 3.63) is 22.9 Å². The molecule has 25 heavy (non-hydrogen) atoms. The van der Waals surface area contributed by atoms with E-state index in [1.165, 1.54) is 18.4 Å². The maximum absolute atomic E-state index is 12.5. The van der Waals surface area contributed by atoms with Crippen molar-refractivity contribution in [1.29, 1.82) is 0 Å². The molecule has 0 aliphatic rings. The lowest BCUT2D eigenvalue weighted by molar-refractivity contribution is -0.159. The van der Waals surface area contributed by atoms with Gasteiger partial charge in [-0.3, -0.25) is 4.79 Å². The van der Waals surface area contributed by atoms with Gasteiger partial charge in [-0.1, -0.05) is 5.16 Å². The highest BCUT2D eigenvalue weighted by atomic mass is 32.1. The van der Waals surface area contributed by atoms with Crippen LogP contribution >= 0.6 is 11.3 Å². The zero-order chi connectivity index (χ0) is 18.8. The summed E-state index contributed by atoms with van der Waals surface area (Å²) >= 11 is 1.21. The fraction of sp³-hybridized carbons (Fsp3) is 0.533. The minimum Gasteiger partial charge on any atom is -0.372 e. The molecular formula is C15H18F3N3O3S. The second-order valence-electron chi connectivity index (χ2n) is 5.62. The Bertz CT molecular complexity index is 727. The van der Waals surface area contributed by atoms with E-state index in [-0.39, 0.29) is 17.8 Å². The monoisotopic (exact) mass is 377 g/mol. The molecular weight excluding hydrogens is 359 g/mol. The number of ether oxygens (including phenoxy) is 1. The molecule has 0 radical (unpaired) electrons. The first-order valence-corrected chi connectivity index (χ1v) is 8.28. The number of amides is 1. The van der Waals surface area contributed by atoms with E-state index in [1.54, 1.807) is 24.0 Å². The highest BCUT2D eigenvalue weighted by Gasteiger charge is 2.38. The van der Waals surface area contributed by atoms with Crippen molar-refractivity contribution in [3.8, 4) is 10.7 Å². The summed E-state index contributed by atoms with van der Waals surface area (Å²) in [5.74, 6) is -1.67. The van der Waals surface area contributed by atoms with Gasteiger partial charge in [0.2, 0.25) is 5.82 Å². The molecule has 0 bridgehead atoms. The van der Waals surface area contributed by atoms with E-state index in [2.05, 4.69) is 14.7 Å². The summed E-state index contributed by atoms with van der Waals surface area (Å²) in [6, 6.07) is 3.27. The Labute approximate surface area is 146 Å². The summed E-state index contributed by atoms with van der Waals surface area (Å²) in [5, 5.41) is 3.36. The van der Waals surface area contributed by atoms with Gasteiger partial charge in [-0.05, 0) is 32.9 Å². The van der Waals surface area contributed by atoms with Crippen molar-refractivity contribution in [2.45, 2.75) is 45.6 Å². The highest BCUT2D eigenvalue weighted by Crippen LogP contribution is 2.32. The van der Waals surface area contributed by atoms with Gasteiger partial charge in [0.15, 0.2) is 0 Å². The molecule has 0 fully saturated rings. The van der Waals surface area contributed by atoms with Gasteiger partial charge < -0.3 is 14.2 Å². The largest absolute Gasteiger partial charge is 0.471 e. The maximum atomic E-state index is 12.5. The number of aromatic nitrogens is 2. The fourth-order valence-corrected chi connectivity index (χ4v) is 2.97. The SMILES string of the molecule is COC(C)C(=O)N(Cc1ccc(-c2noc(C(F)(F)F)n2)s1)C(C)C. The van der Waals surface area contributed by atoms with Crippen LogP contribution in [0.4, 0.5) is 13.2 Å². The molecule has 10 heteroatoms. The maximum Gasteiger partial charge on any atom is 0.471 e. The van der Waals surface area contributed by atoms with Crippen LogP contribution in [0.2, 0.25) is 0 Å². The summed E-state index contributed by atoms with van der Waals surface area (Å²) in [6.45, 7) is 5.74. The Morgan fingerprint density at radius 3 is 2.56 bits per heavy atom. The molecule has 6 nitrogen and oxygen atoms in total. The zero-order valence-electron chi connectivity index (χ0n) is 14.1. The van der Waals surface area contributed by atoms with E-state index < -0.39 is 18.2 Å². The van der Waals surface area contributed by atoms with Gasteiger partial charge in [-0.25, -0.2) is 0 Å². The van der Waals surface area contributed by atoms with E-state index in [9.17, 15) is 18.0 Å². The molecule has 0 aliphatic carbocycles. The Kier molecular flexibility index (Phi) is 5.83. The predicted octanol–water partition coefficient (Wildman–Crippen LogP) is 3.59. The first kappa shape index (κ1) is 19.4. The van der Waals surface area contributed by atoms with Gasteiger partial charge in [0.05, 0.1) is 11.4 Å². The van der Waals surface area contributed by atoms with Gasteiger partial charge in [0, 0.05) is 18.0 Å². The molecule has 1 unspecified atom stereocenters. The zero-order valence-corrected chi connectivity index (χ0v) is 14.9. The van der Waals surface area contributed by atoms with Crippen molar-refractivity contribution in [2.75, 3.05) is 7.11 Å². The average Bonchev–Trinajstić information content (AvgIpc) is 3.19. The number of thiophene rings is 1. The molecule has 0 aliphatic heterocycles. The molecule has 1 amide bonds. The van der Waals surface area contributed by atoms with Crippen molar-refractivity contribution in [2.24, 2.45) is 0 Å². The van der Waals surface area contributed by atoms with Crippen LogP contribution < -0.4 is 0 Å². The molecule has 0 aromatic carbocycles. The van der Waals surface area contributed by atoms with E-state index in [4.69, 9.17) is 4.74 Å². The van der Waals surface area contributed by atoms with Crippen molar-refractivity contribution in [3.63, 3.8) is 0 Å². The van der Waals surface area contributed by atoms with Crippen LogP contribution in [0.25, 0.3) is 10.7 Å². The molecule has 0 spiro atoms. The number of halogens is 3. The molecule has 0 saturated carbocycles. The number of hydrogen-bond acceptors (Lipinski definition) is 6. The van der Waals surface area contributed by atoms with Crippen LogP contribution in [-0.4, -0.2) is 40.2 Å². The van der Waals surface area contributed by atoms with Crippen LogP contribution in [0.5, 0.6) is 0 Å². The van der Waals surface area contributed by atoms with Gasteiger partial charge in [-0.15, -0.1) is 11.3 Å². The van der Waals surface area contributed by atoms with Gasteiger partial charge in [0.25, 0.3) is 5.91 Å². The molecule has 138 valence electrons. The number of hydrogen-bond donors (Lipinski definition) is 0. The summed E-state index contributed by atoms with van der Waals surface area (Å²) in [7, 11) is 1.46. The predicted molar refractivity (Wildman–Crippen MR) is 84.8 cm³/mol. The first-order chi connectivity index (χ1) is 11.6. The molecule has 2 aromatic heterocycles.